The zero-order valence-electron chi connectivity index (χ0n) is 4.55. The first kappa shape index (κ1) is 7.71. The number of hydrogen-bond donors (Lipinski definition) is 2. The van der Waals surface area contributed by atoms with E-state index in [4.69, 9.17) is 0 Å². The van der Waals surface area contributed by atoms with Gasteiger partial charge < -0.3 is 0 Å². The molecule has 0 unspecified atom stereocenters. The first-order valence-corrected chi connectivity index (χ1v) is 2.02. The molecule has 0 fully saturated rings. The van der Waals surface area contributed by atoms with Crippen molar-refractivity contribution in [1.82, 2.24) is 0 Å². The molecule has 8 heavy (non-hydrogen) atoms. The van der Waals surface area contributed by atoms with Crippen molar-refractivity contribution in [3.05, 3.63) is 0 Å². The largest absolute Gasteiger partial charge is 0.502 e. The van der Waals surface area contributed by atoms with Crippen LogP contribution in [0, 0.1) is 0 Å². The van der Waals surface area contributed by atoms with Gasteiger partial charge in [-0.1, -0.05) is 0 Å². The molecule has 0 spiro atoms. The van der Waals surface area contributed by atoms with Crippen molar-refractivity contribution in [2.24, 2.45) is 0 Å². The van der Waals surface area contributed by atoms with Crippen LogP contribution in [-0.2, 0) is 0 Å². The van der Waals surface area contributed by atoms with Gasteiger partial charge in [0.05, 0.1) is 6.92 Å². The maximum Gasteiger partial charge on any atom is 0.502 e. The highest BCUT2D eigenvalue weighted by molar-refractivity contribution is 4.62. The summed E-state index contributed by atoms with van der Waals surface area (Å²) in [5, 5.41) is 0. The van der Waals surface area contributed by atoms with Crippen molar-refractivity contribution in [2.45, 2.75) is 18.8 Å². The predicted octanol–water partition coefficient (Wildman–Crippen LogP) is -1.25. The van der Waals surface area contributed by atoms with E-state index < -0.39 is 11.8 Å². The van der Waals surface area contributed by atoms with Crippen molar-refractivity contribution < 1.29 is 24.6 Å². The summed E-state index contributed by atoms with van der Waals surface area (Å²) in [6.07, 6.45) is -4.28. The minimum atomic E-state index is -4.28. The Bertz CT molecular complexity index is 67.5. The molecule has 50 valence electrons. The lowest BCUT2D eigenvalue weighted by molar-refractivity contribution is -0.755. The van der Waals surface area contributed by atoms with Gasteiger partial charge in [0.2, 0.25) is 0 Å². The topological polar surface area (TPSA) is 55.3 Å². The summed E-state index contributed by atoms with van der Waals surface area (Å²) in [7, 11) is 0. The Balaban J connectivity index is 4.02. The second kappa shape index (κ2) is 1.60. The van der Waals surface area contributed by atoms with Gasteiger partial charge in [0.1, 0.15) is 0 Å². The van der Waals surface area contributed by atoms with Crippen LogP contribution in [0.4, 0.5) is 13.2 Å². The predicted molar refractivity (Wildman–Crippen MR) is 20.2 cm³/mol. The van der Waals surface area contributed by atoms with Crippen molar-refractivity contribution in [2.75, 3.05) is 0 Å². The van der Waals surface area contributed by atoms with Crippen LogP contribution in [0.2, 0.25) is 0 Å². The van der Waals surface area contributed by atoms with E-state index in [1.54, 1.807) is 0 Å². The average Bonchev–Trinajstić information content (AvgIpc) is 1.25. The molecule has 0 atom stereocenters. The molecule has 0 bridgehead atoms. The lowest BCUT2D eigenvalue weighted by atomic mass is 10.2. The van der Waals surface area contributed by atoms with Crippen molar-refractivity contribution in [3.63, 3.8) is 0 Å². The number of alkyl halides is 3. The standard InChI is InChI=1S/C3H7F3N2/c1-2(7,8)3(4,5)6/h7-8H2,1H3/p+2. The van der Waals surface area contributed by atoms with E-state index in [1.165, 1.54) is 0 Å². The van der Waals surface area contributed by atoms with Crippen LogP contribution in [-0.4, -0.2) is 11.8 Å². The number of rotatable bonds is 0. The molecule has 0 amide bonds. The van der Waals surface area contributed by atoms with Crippen LogP contribution in [0.3, 0.4) is 0 Å². The Labute approximate surface area is 44.6 Å². The fourth-order valence-corrected chi connectivity index (χ4v) is 0. The van der Waals surface area contributed by atoms with Gasteiger partial charge in [0.25, 0.3) is 0 Å². The molecular formula is C3H9F3N2+2. The van der Waals surface area contributed by atoms with Gasteiger partial charge in [-0.3, -0.25) is 11.5 Å². The third-order valence-electron chi connectivity index (χ3n) is 0.684. The molecule has 0 radical (unpaired) electrons. The zero-order valence-corrected chi connectivity index (χ0v) is 4.55. The normalized spacial score (nSPS) is 14.2. The average molecular weight is 130 g/mol. The highest BCUT2D eigenvalue weighted by atomic mass is 19.4. The molecule has 0 aromatic carbocycles. The van der Waals surface area contributed by atoms with Crippen LogP contribution >= 0.6 is 0 Å². The minimum Gasteiger partial charge on any atom is -0.299 e. The fraction of sp³-hybridized carbons (Fsp3) is 1.00. The first-order chi connectivity index (χ1) is 3.25. The summed E-state index contributed by atoms with van der Waals surface area (Å²) >= 11 is 0. The summed E-state index contributed by atoms with van der Waals surface area (Å²) in [5.74, 6) is 0. The van der Waals surface area contributed by atoms with E-state index in [-0.39, 0.29) is 0 Å². The second-order valence-electron chi connectivity index (χ2n) is 2.06. The van der Waals surface area contributed by atoms with Crippen LogP contribution < -0.4 is 11.5 Å². The first-order valence-electron chi connectivity index (χ1n) is 2.02. The van der Waals surface area contributed by atoms with Crippen LogP contribution in [0.25, 0.3) is 0 Å². The molecule has 0 aliphatic rings. The molecule has 5 heteroatoms. The molecule has 0 aliphatic carbocycles. The van der Waals surface area contributed by atoms with Gasteiger partial charge >= 0.3 is 11.8 Å². The van der Waals surface area contributed by atoms with Crippen LogP contribution in [0.5, 0.6) is 0 Å². The van der Waals surface area contributed by atoms with Crippen LogP contribution in [0.15, 0.2) is 0 Å². The highest BCUT2D eigenvalue weighted by Crippen LogP contribution is 2.19. The van der Waals surface area contributed by atoms with Gasteiger partial charge in [-0.15, -0.1) is 0 Å². The Hall–Kier alpha value is -0.290. The van der Waals surface area contributed by atoms with Crippen LogP contribution in [0.1, 0.15) is 6.92 Å². The van der Waals surface area contributed by atoms with E-state index in [1.807, 2.05) is 0 Å². The zero-order chi connectivity index (χ0) is 7.00. The fourth-order valence-electron chi connectivity index (χ4n) is 0. The molecule has 0 aliphatic heterocycles. The van der Waals surface area contributed by atoms with Crippen molar-refractivity contribution >= 4 is 0 Å². The van der Waals surface area contributed by atoms with E-state index in [0.29, 0.717) is 0 Å². The maximum atomic E-state index is 11.4. The Morgan fingerprint density at radius 1 is 1.12 bits per heavy atom. The second-order valence-corrected chi connectivity index (χ2v) is 2.06. The van der Waals surface area contributed by atoms with Gasteiger partial charge in [-0.25, -0.2) is 0 Å². The SMILES string of the molecule is CC([NH3+])([NH3+])C(F)(F)F. The van der Waals surface area contributed by atoms with Gasteiger partial charge in [0.15, 0.2) is 0 Å². The Morgan fingerprint density at radius 3 is 1.25 bits per heavy atom. The third kappa shape index (κ3) is 1.67. The Kier molecular flexibility index (Phi) is 1.54. The van der Waals surface area contributed by atoms with Gasteiger partial charge in [-0.2, -0.15) is 13.2 Å². The molecule has 0 aromatic heterocycles. The van der Waals surface area contributed by atoms with E-state index in [0.717, 1.165) is 6.92 Å². The number of halogens is 3. The monoisotopic (exact) mass is 130 g/mol. The molecular weight excluding hydrogens is 121 g/mol. The van der Waals surface area contributed by atoms with E-state index in [2.05, 4.69) is 11.5 Å². The summed E-state index contributed by atoms with van der Waals surface area (Å²) < 4.78 is 34.3. The minimum absolute atomic E-state index is 0.924. The lowest BCUT2D eigenvalue weighted by Crippen LogP contribution is -2.98. The number of quaternary nitrogens is 2. The Morgan fingerprint density at radius 2 is 1.25 bits per heavy atom. The summed E-state index contributed by atoms with van der Waals surface area (Å²) in [5.41, 5.74) is 3.55. The maximum absolute atomic E-state index is 11.4. The molecule has 0 saturated heterocycles. The lowest BCUT2D eigenvalue weighted by Gasteiger charge is -2.13. The highest BCUT2D eigenvalue weighted by Gasteiger charge is 2.53. The van der Waals surface area contributed by atoms with Crippen molar-refractivity contribution in [3.8, 4) is 0 Å². The van der Waals surface area contributed by atoms with Gasteiger partial charge in [0, 0.05) is 0 Å². The molecule has 0 aromatic rings. The summed E-state index contributed by atoms with van der Waals surface area (Å²) in [4.78, 5) is 0. The van der Waals surface area contributed by atoms with E-state index >= 15 is 0 Å². The molecule has 0 saturated carbocycles. The van der Waals surface area contributed by atoms with Crippen molar-refractivity contribution in [1.29, 1.82) is 0 Å². The van der Waals surface area contributed by atoms with E-state index in [9.17, 15) is 13.2 Å². The smallest absolute Gasteiger partial charge is 0.299 e. The number of hydrogen-bond acceptors (Lipinski definition) is 0. The molecule has 0 rings (SSSR count). The summed E-state index contributed by atoms with van der Waals surface area (Å²) in [6.45, 7) is 0.924. The quantitative estimate of drug-likeness (QED) is 0.385. The molecule has 6 N–H and O–H groups in total. The molecule has 2 nitrogen and oxygen atoms in total. The summed E-state index contributed by atoms with van der Waals surface area (Å²) in [6, 6.07) is 0. The molecule has 0 heterocycles. The van der Waals surface area contributed by atoms with Gasteiger partial charge in [-0.05, 0) is 0 Å². The third-order valence-corrected chi connectivity index (χ3v) is 0.684.